The minimum absolute atomic E-state index is 0.691. The van der Waals surface area contributed by atoms with E-state index in [9.17, 15) is 0 Å². The van der Waals surface area contributed by atoms with Crippen molar-refractivity contribution in [3.05, 3.63) is 243 Å². The molecule has 70 heavy (non-hydrogen) atoms. The summed E-state index contributed by atoms with van der Waals surface area (Å²) < 4.78 is 17.5. The third-order valence-corrected chi connectivity index (χ3v) is 12.8. The fraction of sp³-hybridized carbons (Fsp3) is 0. The monoisotopic (exact) mass is 900 g/mol. The van der Waals surface area contributed by atoms with E-state index < -0.39 is 0 Å². The van der Waals surface area contributed by atoms with Gasteiger partial charge in [-0.2, -0.15) is 0 Å². The Morgan fingerprint density at radius 2 is 0.657 bits per heavy atom. The van der Waals surface area contributed by atoms with Crippen LogP contribution < -0.4 is 9.47 Å². The van der Waals surface area contributed by atoms with Gasteiger partial charge in [-0.15, -0.1) is 0 Å². The number of rotatable bonds is 10. The summed E-state index contributed by atoms with van der Waals surface area (Å²) in [4.78, 5) is 19.6. The molecular weight excluding hydrogens is 861 g/mol. The van der Waals surface area contributed by atoms with E-state index in [1.165, 1.54) is 0 Å². The summed E-state index contributed by atoms with van der Waals surface area (Å²) in [7, 11) is 0. The second kappa shape index (κ2) is 17.2. The Morgan fingerprint density at radius 1 is 0.257 bits per heavy atom. The molecule has 5 aromatic heterocycles. The zero-order valence-electron chi connectivity index (χ0n) is 37.6. The van der Waals surface area contributed by atoms with E-state index in [-0.39, 0.29) is 0 Å². The van der Waals surface area contributed by atoms with Gasteiger partial charge in [0.15, 0.2) is 0 Å². The van der Waals surface area contributed by atoms with Crippen molar-refractivity contribution < 1.29 is 9.47 Å². The zero-order valence-corrected chi connectivity index (χ0v) is 37.6. The summed E-state index contributed by atoms with van der Waals surface area (Å²) in [6, 6.07) is 74.2. The smallest absolute Gasteiger partial charge is 0.137 e. The Hall–Kier alpha value is -9.66. The van der Waals surface area contributed by atoms with Crippen molar-refractivity contribution in [3.63, 3.8) is 0 Å². The second-order valence-electron chi connectivity index (χ2n) is 17.2. The second-order valence-corrected chi connectivity index (χ2v) is 17.2. The molecule has 0 spiro atoms. The maximum absolute atomic E-state index is 6.55. The Morgan fingerprint density at radius 3 is 1.09 bits per heavy atom. The van der Waals surface area contributed by atoms with E-state index in [0.29, 0.717) is 23.0 Å². The third-order valence-electron chi connectivity index (χ3n) is 12.8. The predicted molar refractivity (Wildman–Crippen MR) is 281 cm³/mol. The van der Waals surface area contributed by atoms with Crippen LogP contribution in [0.4, 0.5) is 0 Å². The number of aromatic nitrogens is 6. The number of ether oxygens (including phenoxy) is 2. The largest absolute Gasteiger partial charge is 0.457 e. The van der Waals surface area contributed by atoms with Gasteiger partial charge < -0.3 is 9.47 Å². The Balaban J connectivity index is 0.747. The lowest BCUT2D eigenvalue weighted by atomic mass is 10.1. The lowest BCUT2D eigenvalue weighted by Gasteiger charge is -2.11. The number of fused-ring (bicyclic) bond motifs is 6. The van der Waals surface area contributed by atoms with Gasteiger partial charge in [-0.1, -0.05) is 121 Å². The number of hydrogen-bond donors (Lipinski definition) is 0. The maximum Gasteiger partial charge on any atom is 0.137 e. The molecule has 0 N–H and O–H groups in total. The van der Waals surface area contributed by atoms with Crippen LogP contribution in [-0.4, -0.2) is 29.1 Å². The molecule has 0 radical (unpaired) electrons. The molecule has 13 rings (SSSR count). The summed E-state index contributed by atoms with van der Waals surface area (Å²) in [5.74, 6) is 4.48. The summed E-state index contributed by atoms with van der Waals surface area (Å²) in [6.07, 6.45) is 7.48. The SMILES string of the molecule is c1ccc(-c2ccc(-n3c4ccccc4c4ccc(Oc5cccc(-c6cnc(-c7cccc(Oc8ccc9c%10ccccc%10n(-c%10ccc(-c%11ccccc%11)cn%10)c9c8)c7)cn6)c5)cc43)nc2)cc1. The number of benzene rings is 8. The highest BCUT2D eigenvalue weighted by Crippen LogP contribution is 2.38. The maximum atomic E-state index is 6.55. The van der Waals surface area contributed by atoms with Crippen molar-refractivity contribution >= 4 is 43.6 Å². The van der Waals surface area contributed by atoms with Crippen LogP contribution in [0.25, 0.3) is 100 Å². The van der Waals surface area contributed by atoms with E-state index in [2.05, 4.69) is 130 Å². The summed E-state index contributed by atoms with van der Waals surface area (Å²) >= 11 is 0. The van der Waals surface area contributed by atoms with Crippen molar-refractivity contribution in [2.45, 2.75) is 0 Å². The van der Waals surface area contributed by atoms with Gasteiger partial charge in [0, 0.05) is 68.3 Å². The molecule has 0 fully saturated rings. The predicted octanol–water partition coefficient (Wildman–Crippen LogP) is 15.7. The highest BCUT2D eigenvalue weighted by atomic mass is 16.5. The average molecular weight is 901 g/mol. The summed E-state index contributed by atoms with van der Waals surface area (Å²) in [5, 5.41) is 4.55. The van der Waals surface area contributed by atoms with Gasteiger partial charge in [0.1, 0.15) is 34.6 Å². The standard InChI is InChI=1S/C62H40N6O2/c1-3-13-41(14-4-1)45-25-31-61(65-37-45)67-57-23-9-7-21-51(57)53-29-27-49(35-59(53)67)69-47-19-11-17-43(33-47)55-39-64-56(40-63-55)44-18-12-20-48(34-44)70-50-28-30-54-52-22-8-10-24-58(52)68(60(54)36-50)62-32-26-46(38-66-62)42-15-5-2-6-16-42/h1-40H. The molecule has 0 saturated heterocycles. The summed E-state index contributed by atoms with van der Waals surface area (Å²) in [6.45, 7) is 0. The van der Waals surface area contributed by atoms with Crippen molar-refractivity contribution in [1.82, 2.24) is 29.1 Å². The van der Waals surface area contributed by atoms with Crippen LogP contribution in [0.15, 0.2) is 243 Å². The molecule has 8 aromatic carbocycles. The van der Waals surface area contributed by atoms with E-state index in [1.54, 1.807) is 12.4 Å². The quantitative estimate of drug-likeness (QED) is 0.136. The minimum atomic E-state index is 0.691. The van der Waals surface area contributed by atoms with Gasteiger partial charge in [-0.25, -0.2) is 9.97 Å². The molecule has 0 saturated carbocycles. The van der Waals surface area contributed by atoms with Gasteiger partial charge in [0.05, 0.1) is 45.8 Å². The lowest BCUT2D eigenvalue weighted by Crippen LogP contribution is -1.97. The van der Waals surface area contributed by atoms with Crippen LogP contribution in [0.3, 0.4) is 0 Å². The number of pyridine rings is 2. The number of nitrogens with zero attached hydrogens (tertiary/aromatic N) is 6. The van der Waals surface area contributed by atoms with E-state index in [0.717, 1.165) is 100 Å². The molecule has 5 heterocycles. The lowest BCUT2D eigenvalue weighted by molar-refractivity contribution is 0.483. The van der Waals surface area contributed by atoms with Crippen LogP contribution in [-0.2, 0) is 0 Å². The van der Waals surface area contributed by atoms with Gasteiger partial charge >= 0.3 is 0 Å². The topological polar surface area (TPSA) is 79.9 Å². The molecule has 330 valence electrons. The fourth-order valence-corrected chi connectivity index (χ4v) is 9.50. The Bertz CT molecular complexity index is 3770. The molecule has 0 aliphatic rings. The average Bonchev–Trinajstić information content (AvgIpc) is 3.94. The zero-order chi connectivity index (χ0) is 46.4. The molecule has 0 bridgehead atoms. The van der Waals surface area contributed by atoms with Crippen LogP contribution in [0.5, 0.6) is 23.0 Å². The van der Waals surface area contributed by atoms with Crippen molar-refractivity contribution in [2.75, 3.05) is 0 Å². The molecule has 0 atom stereocenters. The van der Waals surface area contributed by atoms with Crippen molar-refractivity contribution in [2.24, 2.45) is 0 Å². The first-order valence-corrected chi connectivity index (χ1v) is 23.2. The van der Waals surface area contributed by atoms with Crippen LogP contribution in [0.1, 0.15) is 0 Å². The van der Waals surface area contributed by atoms with E-state index in [4.69, 9.17) is 29.4 Å². The number of para-hydroxylation sites is 2. The van der Waals surface area contributed by atoms with Crippen molar-refractivity contribution in [3.8, 4) is 79.4 Å². The van der Waals surface area contributed by atoms with Crippen LogP contribution >= 0.6 is 0 Å². The Labute approximate surface area is 403 Å². The highest BCUT2D eigenvalue weighted by molar-refractivity contribution is 6.10. The Kier molecular flexibility index (Phi) is 9.98. The van der Waals surface area contributed by atoms with Gasteiger partial charge in [-0.3, -0.25) is 19.1 Å². The third kappa shape index (κ3) is 7.46. The first kappa shape index (κ1) is 40.6. The molecular formula is C62H40N6O2. The first-order chi connectivity index (χ1) is 34.7. The number of hydrogen-bond acceptors (Lipinski definition) is 6. The summed E-state index contributed by atoms with van der Waals surface area (Å²) in [5.41, 5.74) is 11.8. The van der Waals surface area contributed by atoms with Crippen LogP contribution in [0.2, 0.25) is 0 Å². The molecule has 0 aliphatic heterocycles. The van der Waals surface area contributed by atoms with Gasteiger partial charge in [0.25, 0.3) is 0 Å². The molecule has 0 aliphatic carbocycles. The highest BCUT2D eigenvalue weighted by Gasteiger charge is 2.17. The van der Waals surface area contributed by atoms with E-state index >= 15 is 0 Å². The minimum Gasteiger partial charge on any atom is -0.457 e. The van der Waals surface area contributed by atoms with E-state index in [1.807, 2.05) is 109 Å². The van der Waals surface area contributed by atoms with Gasteiger partial charge in [0.2, 0.25) is 0 Å². The molecule has 0 unspecified atom stereocenters. The van der Waals surface area contributed by atoms with Crippen molar-refractivity contribution in [1.29, 1.82) is 0 Å². The molecule has 13 aromatic rings. The van der Waals surface area contributed by atoms with Gasteiger partial charge in [-0.05, 0) is 96.1 Å². The first-order valence-electron chi connectivity index (χ1n) is 23.2. The van der Waals surface area contributed by atoms with Crippen LogP contribution in [0, 0.1) is 0 Å². The molecule has 8 nitrogen and oxygen atoms in total. The fourth-order valence-electron chi connectivity index (χ4n) is 9.50. The molecule has 0 amide bonds. The molecule has 8 heteroatoms. The normalized spacial score (nSPS) is 11.4.